The first-order valence-corrected chi connectivity index (χ1v) is 11.0. The molecule has 0 aliphatic carbocycles. The molecule has 34 heavy (non-hydrogen) atoms. The highest BCUT2D eigenvalue weighted by atomic mass is 16.5. The Balaban J connectivity index is 1.41. The number of anilines is 1. The fourth-order valence-electron chi connectivity index (χ4n) is 4.73. The summed E-state index contributed by atoms with van der Waals surface area (Å²) in [5, 5.41) is 24.8. The number of hydrogen-bond donors (Lipinski definition) is 1. The lowest BCUT2D eigenvalue weighted by atomic mass is 9.96. The number of nitrogens with zero attached hydrogens (tertiary/aromatic N) is 8. The second kappa shape index (κ2) is 9.30. The topological polar surface area (TPSA) is 132 Å². The Kier molecular flexibility index (Phi) is 5.90. The average molecular weight is 454 g/mol. The molecule has 10 heteroatoms. The smallest absolute Gasteiger partial charge is 0.146 e. The summed E-state index contributed by atoms with van der Waals surface area (Å²) in [5.41, 5.74) is 3.82. The molecule has 1 aliphatic rings. The second-order valence-electron chi connectivity index (χ2n) is 8.31. The SMILES string of the molecule is COCc1ccnc(N2CCC(C(CC#N)n3cc(-c4ncnc5[nH]ccc45)cn3)C2)c1C#N. The van der Waals surface area contributed by atoms with Crippen LogP contribution < -0.4 is 4.90 Å². The van der Waals surface area contributed by atoms with Crippen LogP contribution in [0.2, 0.25) is 0 Å². The first-order valence-electron chi connectivity index (χ1n) is 11.0. The molecule has 0 saturated carbocycles. The highest BCUT2D eigenvalue weighted by Crippen LogP contribution is 2.35. The van der Waals surface area contributed by atoms with E-state index in [4.69, 9.17) is 4.74 Å². The molecule has 0 radical (unpaired) electrons. The van der Waals surface area contributed by atoms with Gasteiger partial charge in [-0.3, -0.25) is 4.68 Å². The maximum atomic E-state index is 9.75. The van der Waals surface area contributed by atoms with Gasteiger partial charge in [-0.1, -0.05) is 0 Å². The molecule has 0 aromatic carbocycles. The van der Waals surface area contributed by atoms with E-state index in [1.165, 1.54) is 6.33 Å². The van der Waals surface area contributed by atoms with Crippen molar-refractivity contribution in [2.75, 3.05) is 25.1 Å². The van der Waals surface area contributed by atoms with Crippen molar-refractivity contribution in [1.82, 2.24) is 29.7 Å². The van der Waals surface area contributed by atoms with E-state index in [9.17, 15) is 10.5 Å². The van der Waals surface area contributed by atoms with Crippen LogP contribution in [0, 0.1) is 28.6 Å². The van der Waals surface area contributed by atoms with Crippen molar-refractivity contribution in [3.63, 3.8) is 0 Å². The molecule has 1 saturated heterocycles. The Morgan fingerprint density at radius 1 is 1.26 bits per heavy atom. The van der Waals surface area contributed by atoms with Gasteiger partial charge in [0.05, 0.1) is 37.0 Å². The first-order chi connectivity index (χ1) is 16.7. The first kappa shape index (κ1) is 21.6. The summed E-state index contributed by atoms with van der Waals surface area (Å²) in [5.74, 6) is 0.858. The number of fused-ring (bicyclic) bond motifs is 1. The van der Waals surface area contributed by atoms with Crippen molar-refractivity contribution in [2.45, 2.75) is 25.5 Å². The number of nitrogens with one attached hydrogen (secondary N) is 1. The molecule has 2 atom stereocenters. The lowest BCUT2D eigenvalue weighted by molar-refractivity contribution is 0.184. The van der Waals surface area contributed by atoms with Gasteiger partial charge in [-0.25, -0.2) is 15.0 Å². The number of nitriles is 2. The van der Waals surface area contributed by atoms with Crippen LogP contribution in [-0.4, -0.2) is 49.9 Å². The van der Waals surface area contributed by atoms with Crippen molar-refractivity contribution in [3.05, 3.63) is 54.4 Å². The molecule has 1 N–H and O–H groups in total. The number of hydrogen-bond acceptors (Lipinski definition) is 8. The van der Waals surface area contributed by atoms with Gasteiger partial charge < -0.3 is 14.6 Å². The van der Waals surface area contributed by atoms with Crippen LogP contribution in [0.4, 0.5) is 5.82 Å². The Morgan fingerprint density at radius 3 is 3.00 bits per heavy atom. The van der Waals surface area contributed by atoms with Gasteiger partial charge in [0.2, 0.25) is 0 Å². The zero-order chi connectivity index (χ0) is 23.5. The van der Waals surface area contributed by atoms with Gasteiger partial charge in [0.1, 0.15) is 29.4 Å². The molecule has 0 amide bonds. The summed E-state index contributed by atoms with van der Waals surface area (Å²) >= 11 is 0. The highest BCUT2D eigenvalue weighted by molar-refractivity contribution is 5.89. The minimum atomic E-state index is -0.0972. The van der Waals surface area contributed by atoms with Crippen LogP contribution in [0.15, 0.2) is 43.2 Å². The predicted molar refractivity (Wildman–Crippen MR) is 124 cm³/mol. The van der Waals surface area contributed by atoms with Crippen molar-refractivity contribution >= 4 is 16.9 Å². The third kappa shape index (κ3) is 3.85. The van der Waals surface area contributed by atoms with E-state index in [1.807, 2.05) is 29.2 Å². The number of methoxy groups -OCH3 is 1. The third-order valence-electron chi connectivity index (χ3n) is 6.37. The number of aromatic nitrogens is 6. The lowest BCUT2D eigenvalue weighted by Crippen LogP contribution is -2.26. The van der Waals surface area contributed by atoms with E-state index < -0.39 is 0 Å². The molecule has 1 aliphatic heterocycles. The van der Waals surface area contributed by atoms with E-state index in [0.29, 0.717) is 31.0 Å². The Morgan fingerprint density at radius 2 is 2.18 bits per heavy atom. The molecule has 2 unspecified atom stereocenters. The van der Waals surface area contributed by atoms with Gasteiger partial charge in [-0.15, -0.1) is 0 Å². The van der Waals surface area contributed by atoms with E-state index in [0.717, 1.165) is 40.8 Å². The fourth-order valence-corrected chi connectivity index (χ4v) is 4.73. The zero-order valence-electron chi connectivity index (χ0n) is 18.7. The van der Waals surface area contributed by atoms with E-state index in [-0.39, 0.29) is 12.0 Å². The Hall–Kier alpha value is -4.28. The number of aromatic amines is 1. The minimum Gasteiger partial charge on any atom is -0.380 e. The predicted octanol–water partition coefficient (Wildman–Crippen LogP) is 3.22. The molecular formula is C24H23N9O. The van der Waals surface area contributed by atoms with Crippen LogP contribution in [0.1, 0.15) is 30.0 Å². The molecule has 1 fully saturated rings. The zero-order valence-corrected chi connectivity index (χ0v) is 18.7. The van der Waals surface area contributed by atoms with Crippen LogP contribution in [0.3, 0.4) is 0 Å². The summed E-state index contributed by atoms with van der Waals surface area (Å²) in [4.78, 5) is 18.4. The average Bonchev–Trinajstić information content (AvgIpc) is 3.63. The van der Waals surface area contributed by atoms with Crippen LogP contribution >= 0.6 is 0 Å². The monoisotopic (exact) mass is 453 g/mol. The summed E-state index contributed by atoms with van der Waals surface area (Å²) in [6.45, 7) is 1.81. The van der Waals surface area contributed by atoms with Gasteiger partial charge in [-0.2, -0.15) is 15.6 Å². The maximum Gasteiger partial charge on any atom is 0.146 e. The van der Waals surface area contributed by atoms with E-state index in [1.54, 1.807) is 19.5 Å². The van der Waals surface area contributed by atoms with E-state index in [2.05, 4.69) is 42.1 Å². The number of pyridine rings is 1. The third-order valence-corrected chi connectivity index (χ3v) is 6.37. The van der Waals surface area contributed by atoms with Crippen LogP contribution in [-0.2, 0) is 11.3 Å². The Labute approximate surface area is 196 Å². The maximum absolute atomic E-state index is 9.75. The normalized spacial score (nSPS) is 16.4. The van der Waals surface area contributed by atoms with Crippen molar-refractivity contribution in [3.8, 4) is 23.4 Å². The molecule has 4 aromatic heterocycles. The summed E-state index contributed by atoms with van der Waals surface area (Å²) in [6, 6.07) is 8.28. The lowest BCUT2D eigenvalue weighted by Gasteiger charge is -2.23. The number of rotatable bonds is 7. The van der Waals surface area contributed by atoms with Gasteiger partial charge in [0.15, 0.2) is 0 Å². The van der Waals surface area contributed by atoms with Gasteiger partial charge >= 0.3 is 0 Å². The molecule has 170 valence electrons. The summed E-state index contributed by atoms with van der Waals surface area (Å²) in [6.07, 6.45) is 10.0. The molecule has 5 heterocycles. The minimum absolute atomic E-state index is 0.0972. The van der Waals surface area contributed by atoms with Gasteiger partial charge in [0.25, 0.3) is 0 Å². The Bertz CT molecular complexity index is 1390. The highest BCUT2D eigenvalue weighted by Gasteiger charge is 2.33. The molecule has 0 bridgehead atoms. The van der Waals surface area contributed by atoms with Crippen molar-refractivity contribution < 1.29 is 4.74 Å². The molecule has 10 nitrogen and oxygen atoms in total. The van der Waals surface area contributed by atoms with Crippen molar-refractivity contribution in [2.24, 2.45) is 5.92 Å². The summed E-state index contributed by atoms with van der Waals surface area (Å²) < 4.78 is 7.12. The molecular weight excluding hydrogens is 430 g/mol. The summed E-state index contributed by atoms with van der Waals surface area (Å²) in [7, 11) is 1.61. The largest absolute Gasteiger partial charge is 0.380 e. The number of H-pyrrole nitrogens is 1. The molecule has 0 spiro atoms. The van der Waals surface area contributed by atoms with Crippen molar-refractivity contribution in [1.29, 1.82) is 10.5 Å². The quantitative estimate of drug-likeness (QED) is 0.451. The fraction of sp³-hybridized carbons (Fsp3) is 0.333. The number of ether oxygens (including phenoxy) is 1. The standard InChI is InChI=1S/C24H23N9O/c1-34-14-17-3-7-28-24(20(17)10-26)32-9-5-16(12-32)21(2-6-25)33-13-18(11-31-33)22-19-4-8-27-23(19)30-15-29-22/h3-4,7-8,11,13,15-16,21H,2,5,9,12,14H2,1H3,(H,27,29,30). The second-order valence-corrected chi connectivity index (χ2v) is 8.31. The van der Waals surface area contributed by atoms with Gasteiger partial charge in [-0.05, 0) is 18.6 Å². The van der Waals surface area contributed by atoms with Gasteiger partial charge in [0, 0.05) is 61.2 Å². The van der Waals surface area contributed by atoms with Crippen LogP contribution in [0.25, 0.3) is 22.3 Å². The molecule has 5 rings (SSSR count). The molecule has 4 aromatic rings. The van der Waals surface area contributed by atoms with E-state index >= 15 is 0 Å². The van der Waals surface area contributed by atoms with Crippen LogP contribution in [0.5, 0.6) is 0 Å².